The van der Waals surface area contributed by atoms with Gasteiger partial charge >= 0.3 is 0 Å². The predicted octanol–water partition coefficient (Wildman–Crippen LogP) is 4.60. The maximum Gasteiger partial charge on any atom is 0.275 e. The van der Waals surface area contributed by atoms with Gasteiger partial charge < -0.3 is 10.6 Å². The molecule has 1 amide bonds. The number of hydrogen-bond acceptors (Lipinski definition) is 4. The van der Waals surface area contributed by atoms with E-state index < -0.39 is 0 Å². The van der Waals surface area contributed by atoms with E-state index in [9.17, 15) is 4.79 Å². The Hall–Kier alpha value is -3.21. The minimum absolute atomic E-state index is 0.274. The Morgan fingerprint density at radius 3 is 1.88 bits per heavy atom. The van der Waals surface area contributed by atoms with Gasteiger partial charge in [0, 0.05) is 11.4 Å². The number of carbonyl (C=O) groups excluding carboxylic acids is 1. The second-order valence-electron chi connectivity index (χ2n) is 5.97. The van der Waals surface area contributed by atoms with Crippen molar-refractivity contribution in [3.63, 3.8) is 0 Å². The van der Waals surface area contributed by atoms with Crippen LogP contribution in [0.3, 0.4) is 0 Å². The van der Waals surface area contributed by atoms with Crippen LogP contribution in [0.25, 0.3) is 0 Å². The normalized spacial score (nSPS) is 10.4. The topological polar surface area (TPSA) is 66.9 Å². The number of aromatic nitrogens is 2. The monoisotopic (exact) mass is 346 g/mol. The van der Waals surface area contributed by atoms with Gasteiger partial charge in [-0.25, -0.2) is 9.97 Å². The fourth-order valence-corrected chi connectivity index (χ4v) is 2.50. The van der Waals surface area contributed by atoms with Crippen molar-refractivity contribution in [3.05, 3.63) is 77.7 Å². The van der Waals surface area contributed by atoms with Crippen LogP contribution in [0.15, 0.2) is 60.9 Å². The summed E-state index contributed by atoms with van der Waals surface area (Å²) in [5.41, 5.74) is 4.46. The molecule has 2 N–H and O–H groups in total. The first kappa shape index (κ1) is 17.6. The van der Waals surface area contributed by atoms with Crippen LogP contribution in [-0.2, 0) is 12.8 Å². The van der Waals surface area contributed by atoms with Gasteiger partial charge in [0.25, 0.3) is 5.91 Å². The number of carbonyl (C=O) groups is 1. The van der Waals surface area contributed by atoms with Crippen molar-refractivity contribution >= 4 is 23.1 Å². The lowest BCUT2D eigenvalue weighted by molar-refractivity contribution is 0.102. The zero-order chi connectivity index (χ0) is 18.4. The quantitative estimate of drug-likeness (QED) is 0.685. The molecule has 0 aliphatic rings. The first-order valence-electron chi connectivity index (χ1n) is 8.76. The summed E-state index contributed by atoms with van der Waals surface area (Å²) < 4.78 is 0. The first-order chi connectivity index (χ1) is 12.7. The number of aryl methyl sites for hydroxylation is 2. The third-order valence-corrected chi connectivity index (χ3v) is 4.14. The van der Waals surface area contributed by atoms with Crippen LogP contribution >= 0.6 is 0 Å². The molecular formula is C21H22N4O. The highest BCUT2D eigenvalue weighted by Crippen LogP contribution is 2.15. The summed E-state index contributed by atoms with van der Waals surface area (Å²) >= 11 is 0. The van der Waals surface area contributed by atoms with Crippen LogP contribution in [0, 0.1) is 0 Å². The van der Waals surface area contributed by atoms with Gasteiger partial charge in [0.1, 0.15) is 11.5 Å². The summed E-state index contributed by atoms with van der Waals surface area (Å²) in [5.74, 6) is 0.318. The van der Waals surface area contributed by atoms with E-state index in [0.717, 1.165) is 24.2 Å². The summed E-state index contributed by atoms with van der Waals surface area (Å²) in [6.07, 6.45) is 5.00. The van der Waals surface area contributed by atoms with E-state index in [-0.39, 0.29) is 11.6 Å². The Morgan fingerprint density at radius 2 is 1.38 bits per heavy atom. The highest BCUT2D eigenvalue weighted by atomic mass is 16.1. The molecule has 0 saturated carbocycles. The maximum atomic E-state index is 12.3. The molecule has 3 rings (SSSR count). The summed E-state index contributed by atoms with van der Waals surface area (Å²) in [6.45, 7) is 4.22. The molecule has 0 spiro atoms. The molecule has 0 atom stereocenters. The Morgan fingerprint density at radius 1 is 0.808 bits per heavy atom. The summed E-state index contributed by atoms with van der Waals surface area (Å²) in [4.78, 5) is 20.7. The third-order valence-electron chi connectivity index (χ3n) is 4.14. The molecule has 0 fully saturated rings. The van der Waals surface area contributed by atoms with Crippen molar-refractivity contribution in [1.29, 1.82) is 0 Å². The number of anilines is 3. The summed E-state index contributed by atoms with van der Waals surface area (Å²) in [7, 11) is 0. The summed E-state index contributed by atoms with van der Waals surface area (Å²) in [6, 6.07) is 15.9. The SMILES string of the molecule is CCc1ccc(NC(=O)c2cnc(Nc3ccc(CC)cc3)cn2)cc1. The lowest BCUT2D eigenvalue weighted by atomic mass is 10.1. The van der Waals surface area contributed by atoms with Crippen molar-refractivity contribution in [2.24, 2.45) is 0 Å². The van der Waals surface area contributed by atoms with Gasteiger partial charge in [-0.2, -0.15) is 0 Å². The average Bonchev–Trinajstić information content (AvgIpc) is 2.69. The van der Waals surface area contributed by atoms with Crippen molar-refractivity contribution in [3.8, 4) is 0 Å². The smallest absolute Gasteiger partial charge is 0.275 e. The molecule has 0 aliphatic heterocycles. The molecule has 3 aromatic rings. The zero-order valence-corrected chi connectivity index (χ0v) is 15.0. The van der Waals surface area contributed by atoms with E-state index in [4.69, 9.17) is 0 Å². The molecule has 0 radical (unpaired) electrons. The van der Waals surface area contributed by atoms with Crippen molar-refractivity contribution < 1.29 is 4.79 Å². The first-order valence-corrected chi connectivity index (χ1v) is 8.76. The lowest BCUT2D eigenvalue weighted by Crippen LogP contribution is -2.14. The standard InChI is InChI=1S/C21H22N4O/c1-3-15-5-9-17(10-6-15)24-20-14-22-19(13-23-20)21(26)25-18-11-7-16(4-2)8-12-18/h5-14H,3-4H2,1-2H3,(H,23,24)(H,25,26). The fourth-order valence-electron chi connectivity index (χ4n) is 2.50. The van der Waals surface area contributed by atoms with Gasteiger partial charge in [0.15, 0.2) is 0 Å². The molecular weight excluding hydrogens is 324 g/mol. The number of benzene rings is 2. The van der Waals surface area contributed by atoms with E-state index in [2.05, 4.69) is 46.6 Å². The molecule has 0 unspecified atom stereocenters. The average molecular weight is 346 g/mol. The van der Waals surface area contributed by atoms with Gasteiger partial charge in [-0.05, 0) is 48.2 Å². The molecule has 132 valence electrons. The minimum Gasteiger partial charge on any atom is -0.339 e. The molecule has 2 aromatic carbocycles. The fraction of sp³-hybridized carbons (Fsp3) is 0.190. The minimum atomic E-state index is -0.277. The third kappa shape index (κ3) is 4.45. The highest BCUT2D eigenvalue weighted by molar-refractivity contribution is 6.02. The number of nitrogens with one attached hydrogen (secondary N) is 2. The van der Waals surface area contributed by atoms with Crippen LogP contribution in [0.5, 0.6) is 0 Å². The molecule has 5 nitrogen and oxygen atoms in total. The molecule has 1 aromatic heterocycles. The van der Waals surface area contributed by atoms with Crippen LogP contribution in [0.4, 0.5) is 17.2 Å². The van der Waals surface area contributed by atoms with Gasteiger partial charge in [-0.15, -0.1) is 0 Å². The largest absolute Gasteiger partial charge is 0.339 e. The number of hydrogen-bond donors (Lipinski definition) is 2. The highest BCUT2D eigenvalue weighted by Gasteiger charge is 2.08. The molecule has 0 bridgehead atoms. The van der Waals surface area contributed by atoms with Crippen molar-refractivity contribution in [2.45, 2.75) is 26.7 Å². The van der Waals surface area contributed by atoms with Crippen LogP contribution < -0.4 is 10.6 Å². The Kier molecular flexibility index (Phi) is 5.59. The zero-order valence-electron chi connectivity index (χ0n) is 15.0. The lowest BCUT2D eigenvalue weighted by Gasteiger charge is -2.08. The molecule has 1 heterocycles. The van der Waals surface area contributed by atoms with E-state index in [1.807, 2.05) is 36.4 Å². The van der Waals surface area contributed by atoms with E-state index in [1.54, 1.807) is 6.20 Å². The van der Waals surface area contributed by atoms with Gasteiger partial charge in [0.05, 0.1) is 12.4 Å². The van der Waals surface area contributed by atoms with Gasteiger partial charge in [0.2, 0.25) is 0 Å². The Bertz CT molecular complexity index is 856. The second kappa shape index (κ2) is 8.25. The van der Waals surface area contributed by atoms with Crippen molar-refractivity contribution in [1.82, 2.24) is 9.97 Å². The Labute approximate surface area is 153 Å². The van der Waals surface area contributed by atoms with Crippen LogP contribution in [0.2, 0.25) is 0 Å². The van der Waals surface area contributed by atoms with E-state index >= 15 is 0 Å². The van der Waals surface area contributed by atoms with Crippen LogP contribution in [-0.4, -0.2) is 15.9 Å². The molecule has 0 aliphatic carbocycles. The summed E-state index contributed by atoms with van der Waals surface area (Å²) in [5, 5.41) is 6.01. The maximum absolute atomic E-state index is 12.3. The van der Waals surface area contributed by atoms with Crippen LogP contribution in [0.1, 0.15) is 35.5 Å². The van der Waals surface area contributed by atoms with E-state index in [0.29, 0.717) is 5.82 Å². The number of nitrogens with zero attached hydrogens (tertiary/aromatic N) is 2. The van der Waals surface area contributed by atoms with E-state index in [1.165, 1.54) is 17.3 Å². The number of amides is 1. The number of rotatable bonds is 6. The van der Waals surface area contributed by atoms with Gasteiger partial charge in [-0.1, -0.05) is 38.1 Å². The predicted molar refractivity (Wildman–Crippen MR) is 105 cm³/mol. The van der Waals surface area contributed by atoms with Gasteiger partial charge in [-0.3, -0.25) is 4.79 Å². The van der Waals surface area contributed by atoms with Crippen molar-refractivity contribution in [2.75, 3.05) is 10.6 Å². The Balaban J connectivity index is 1.63. The molecule has 5 heteroatoms. The second-order valence-corrected chi connectivity index (χ2v) is 5.97. The molecule has 0 saturated heterocycles. The molecule has 26 heavy (non-hydrogen) atoms.